The molecule has 0 aromatic carbocycles. The molecule has 0 radical (unpaired) electrons. The molecule has 0 aliphatic heterocycles. The van der Waals surface area contributed by atoms with Crippen LogP contribution in [0.3, 0.4) is 0 Å². The lowest BCUT2D eigenvalue weighted by Crippen LogP contribution is -2.30. The highest BCUT2D eigenvalue weighted by Gasteiger charge is 2.38. The normalized spacial score (nSPS) is 36.0. The highest BCUT2D eigenvalue weighted by atomic mass is 16.3. The Labute approximate surface area is 93.5 Å². The van der Waals surface area contributed by atoms with Gasteiger partial charge in [-0.25, -0.2) is 0 Å². The molecule has 0 spiro atoms. The highest BCUT2D eigenvalue weighted by Crippen LogP contribution is 2.47. The third-order valence-electron chi connectivity index (χ3n) is 4.41. The molecule has 2 rings (SSSR count). The highest BCUT2D eigenvalue weighted by molar-refractivity contribution is 4.90. The topological polar surface area (TPSA) is 32.3 Å². The van der Waals surface area contributed by atoms with Crippen molar-refractivity contribution in [2.75, 3.05) is 19.7 Å². The van der Waals surface area contributed by atoms with E-state index < -0.39 is 0 Å². The summed E-state index contributed by atoms with van der Waals surface area (Å²) in [4.78, 5) is 0. The van der Waals surface area contributed by atoms with Crippen LogP contribution in [0.25, 0.3) is 0 Å². The Balaban J connectivity index is 1.58. The minimum absolute atomic E-state index is 0.330. The van der Waals surface area contributed by atoms with Crippen LogP contribution in [0.4, 0.5) is 0 Å². The summed E-state index contributed by atoms with van der Waals surface area (Å²) in [5.74, 6) is 3.69. The minimum atomic E-state index is 0.330. The van der Waals surface area contributed by atoms with Gasteiger partial charge in [0.25, 0.3) is 0 Å². The van der Waals surface area contributed by atoms with Gasteiger partial charge in [0.15, 0.2) is 0 Å². The SMILES string of the molecule is CC(CCO)CNCC1CC2CCC1C2. The fourth-order valence-electron chi connectivity index (χ4n) is 3.46. The fourth-order valence-corrected chi connectivity index (χ4v) is 3.46. The van der Waals surface area contributed by atoms with E-state index in [1.54, 1.807) is 0 Å². The van der Waals surface area contributed by atoms with Gasteiger partial charge in [0.2, 0.25) is 0 Å². The third-order valence-corrected chi connectivity index (χ3v) is 4.41. The van der Waals surface area contributed by atoms with Crippen molar-refractivity contribution in [2.45, 2.75) is 39.0 Å². The monoisotopic (exact) mass is 211 g/mol. The van der Waals surface area contributed by atoms with E-state index in [2.05, 4.69) is 12.2 Å². The van der Waals surface area contributed by atoms with E-state index in [0.717, 1.165) is 30.7 Å². The summed E-state index contributed by atoms with van der Waals surface area (Å²) in [6.45, 7) is 4.84. The number of aliphatic hydroxyl groups excluding tert-OH is 1. The van der Waals surface area contributed by atoms with Crippen LogP contribution in [-0.2, 0) is 0 Å². The molecule has 0 saturated heterocycles. The Kier molecular flexibility index (Phi) is 4.04. The fraction of sp³-hybridized carbons (Fsp3) is 1.00. The van der Waals surface area contributed by atoms with Crippen molar-refractivity contribution < 1.29 is 5.11 Å². The smallest absolute Gasteiger partial charge is 0.0434 e. The second-order valence-electron chi connectivity index (χ2n) is 5.71. The summed E-state index contributed by atoms with van der Waals surface area (Å²) in [6.07, 6.45) is 6.92. The van der Waals surface area contributed by atoms with Gasteiger partial charge in [-0.3, -0.25) is 0 Å². The minimum Gasteiger partial charge on any atom is -0.396 e. The average molecular weight is 211 g/mol. The zero-order chi connectivity index (χ0) is 10.7. The number of hydrogen-bond donors (Lipinski definition) is 2. The molecule has 2 N–H and O–H groups in total. The number of rotatable bonds is 6. The van der Waals surface area contributed by atoms with Gasteiger partial charge >= 0.3 is 0 Å². The van der Waals surface area contributed by atoms with E-state index in [9.17, 15) is 0 Å². The van der Waals surface area contributed by atoms with E-state index in [-0.39, 0.29) is 0 Å². The molecule has 2 aliphatic rings. The Morgan fingerprint density at radius 1 is 1.33 bits per heavy atom. The van der Waals surface area contributed by atoms with E-state index in [1.807, 2.05) is 0 Å². The summed E-state index contributed by atoms with van der Waals surface area (Å²) in [5.41, 5.74) is 0. The van der Waals surface area contributed by atoms with Crippen molar-refractivity contribution >= 4 is 0 Å². The standard InChI is InChI=1S/C13H25NO/c1-10(4-5-15)8-14-9-13-7-11-2-3-12(13)6-11/h10-15H,2-9H2,1H3. The summed E-state index contributed by atoms with van der Waals surface area (Å²) in [5, 5.41) is 12.4. The maximum absolute atomic E-state index is 8.81. The quantitative estimate of drug-likeness (QED) is 0.704. The first kappa shape index (κ1) is 11.4. The molecule has 2 aliphatic carbocycles. The second kappa shape index (κ2) is 5.31. The molecule has 0 amide bonds. The van der Waals surface area contributed by atoms with E-state index >= 15 is 0 Å². The molecular formula is C13H25NO. The average Bonchev–Trinajstić information content (AvgIpc) is 2.79. The zero-order valence-electron chi connectivity index (χ0n) is 9.91. The molecule has 2 bridgehead atoms. The van der Waals surface area contributed by atoms with Crippen LogP contribution in [0.2, 0.25) is 0 Å². The summed E-state index contributed by atoms with van der Waals surface area (Å²) in [6, 6.07) is 0. The van der Waals surface area contributed by atoms with Crippen LogP contribution < -0.4 is 5.32 Å². The van der Waals surface area contributed by atoms with Crippen molar-refractivity contribution in [1.82, 2.24) is 5.32 Å². The van der Waals surface area contributed by atoms with Crippen molar-refractivity contribution in [2.24, 2.45) is 23.7 Å². The zero-order valence-corrected chi connectivity index (χ0v) is 9.91. The number of nitrogens with one attached hydrogen (secondary N) is 1. The molecule has 88 valence electrons. The van der Waals surface area contributed by atoms with Gasteiger partial charge in [-0.05, 0) is 62.4 Å². The molecule has 2 heteroatoms. The van der Waals surface area contributed by atoms with Crippen LogP contribution in [-0.4, -0.2) is 24.8 Å². The van der Waals surface area contributed by atoms with Gasteiger partial charge in [-0.1, -0.05) is 13.3 Å². The molecule has 4 unspecified atom stereocenters. The van der Waals surface area contributed by atoms with Gasteiger partial charge in [0.05, 0.1) is 0 Å². The van der Waals surface area contributed by atoms with Gasteiger partial charge in [-0.2, -0.15) is 0 Å². The van der Waals surface area contributed by atoms with Crippen LogP contribution in [0, 0.1) is 23.7 Å². The van der Waals surface area contributed by atoms with Crippen LogP contribution in [0.5, 0.6) is 0 Å². The van der Waals surface area contributed by atoms with Crippen molar-refractivity contribution in [1.29, 1.82) is 0 Å². The Morgan fingerprint density at radius 2 is 2.20 bits per heavy atom. The summed E-state index contributed by atoms with van der Waals surface area (Å²) in [7, 11) is 0. The first-order chi connectivity index (χ1) is 7.29. The lowest BCUT2D eigenvalue weighted by molar-refractivity contribution is 0.255. The van der Waals surface area contributed by atoms with Crippen molar-refractivity contribution in [3.8, 4) is 0 Å². The summed E-state index contributed by atoms with van der Waals surface area (Å²) >= 11 is 0. The van der Waals surface area contributed by atoms with Crippen LogP contribution in [0.1, 0.15) is 39.0 Å². The predicted molar refractivity (Wildman–Crippen MR) is 62.7 cm³/mol. The van der Waals surface area contributed by atoms with E-state index in [4.69, 9.17) is 5.11 Å². The maximum Gasteiger partial charge on any atom is 0.0434 e. The molecule has 2 fully saturated rings. The van der Waals surface area contributed by atoms with E-state index in [1.165, 1.54) is 32.2 Å². The lowest BCUT2D eigenvalue weighted by atomic mass is 9.89. The predicted octanol–water partition coefficient (Wildman–Crippen LogP) is 2.03. The van der Waals surface area contributed by atoms with Crippen LogP contribution in [0.15, 0.2) is 0 Å². The van der Waals surface area contributed by atoms with Crippen molar-refractivity contribution in [3.63, 3.8) is 0 Å². The lowest BCUT2D eigenvalue weighted by Gasteiger charge is -2.22. The first-order valence-electron chi connectivity index (χ1n) is 6.61. The first-order valence-corrected chi connectivity index (χ1v) is 6.61. The van der Waals surface area contributed by atoms with Gasteiger partial charge < -0.3 is 10.4 Å². The van der Waals surface area contributed by atoms with Crippen molar-refractivity contribution in [3.05, 3.63) is 0 Å². The second-order valence-corrected chi connectivity index (χ2v) is 5.71. The third kappa shape index (κ3) is 2.94. The van der Waals surface area contributed by atoms with Gasteiger partial charge in [0.1, 0.15) is 0 Å². The number of aliphatic hydroxyl groups is 1. The molecule has 15 heavy (non-hydrogen) atoms. The van der Waals surface area contributed by atoms with E-state index in [0.29, 0.717) is 12.5 Å². The molecule has 0 aromatic heterocycles. The van der Waals surface area contributed by atoms with Crippen LogP contribution >= 0.6 is 0 Å². The number of hydrogen-bond acceptors (Lipinski definition) is 2. The largest absolute Gasteiger partial charge is 0.396 e. The molecule has 0 heterocycles. The molecule has 2 nitrogen and oxygen atoms in total. The molecule has 4 atom stereocenters. The summed E-state index contributed by atoms with van der Waals surface area (Å²) < 4.78 is 0. The maximum atomic E-state index is 8.81. The Hall–Kier alpha value is -0.0800. The molecule has 0 aromatic rings. The Bertz CT molecular complexity index is 195. The number of fused-ring (bicyclic) bond motifs is 2. The molecular weight excluding hydrogens is 186 g/mol. The Morgan fingerprint density at radius 3 is 2.80 bits per heavy atom. The molecule has 2 saturated carbocycles. The van der Waals surface area contributed by atoms with Gasteiger partial charge in [-0.15, -0.1) is 0 Å². The van der Waals surface area contributed by atoms with Gasteiger partial charge in [0, 0.05) is 6.61 Å².